The first-order chi connectivity index (χ1) is 6.29. The third-order valence-electron chi connectivity index (χ3n) is 2.11. The summed E-state index contributed by atoms with van der Waals surface area (Å²) >= 11 is 0. The van der Waals surface area contributed by atoms with Crippen LogP contribution in [0.5, 0.6) is 0 Å². The zero-order valence-corrected chi connectivity index (χ0v) is 7.83. The van der Waals surface area contributed by atoms with Crippen molar-refractivity contribution in [1.82, 2.24) is 4.98 Å². The van der Waals surface area contributed by atoms with Gasteiger partial charge in [0.1, 0.15) is 5.82 Å². The van der Waals surface area contributed by atoms with Crippen LogP contribution in [0, 0.1) is 0 Å². The van der Waals surface area contributed by atoms with Gasteiger partial charge >= 0.3 is 0 Å². The molecule has 0 aliphatic carbocycles. The van der Waals surface area contributed by atoms with Crippen LogP contribution in [-0.4, -0.2) is 4.98 Å². The predicted molar refractivity (Wildman–Crippen MR) is 55.3 cm³/mol. The average molecular weight is 172 g/mol. The Kier molecular flexibility index (Phi) is 1.89. The topological polar surface area (TPSA) is 24.9 Å². The second-order valence-corrected chi connectivity index (χ2v) is 3.29. The number of fused-ring (bicyclic) bond motifs is 1. The quantitative estimate of drug-likeness (QED) is 0.651. The Hall–Kier alpha value is -1.57. The number of allylic oxidation sites excluding steroid dienone is 3. The summed E-state index contributed by atoms with van der Waals surface area (Å²) in [6, 6.07) is 4.05. The van der Waals surface area contributed by atoms with Gasteiger partial charge in [0.15, 0.2) is 0 Å². The fourth-order valence-corrected chi connectivity index (χ4v) is 1.47. The van der Waals surface area contributed by atoms with Crippen LogP contribution in [0.15, 0.2) is 36.2 Å². The van der Waals surface area contributed by atoms with E-state index < -0.39 is 0 Å². The van der Waals surface area contributed by atoms with Crippen molar-refractivity contribution < 1.29 is 0 Å². The molecule has 0 amide bonds. The fourth-order valence-electron chi connectivity index (χ4n) is 1.47. The molecule has 1 aliphatic rings. The van der Waals surface area contributed by atoms with Crippen molar-refractivity contribution in [1.29, 1.82) is 0 Å². The molecular formula is C11H12N2. The van der Waals surface area contributed by atoms with Gasteiger partial charge < -0.3 is 5.32 Å². The lowest BCUT2D eigenvalue weighted by molar-refractivity contribution is 1.26. The van der Waals surface area contributed by atoms with Gasteiger partial charge in [-0.25, -0.2) is 4.98 Å². The van der Waals surface area contributed by atoms with Crippen molar-refractivity contribution >= 4 is 11.4 Å². The first-order valence-electron chi connectivity index (χ1n) is 4.35. The minimum absolute atomic E-state index is 0.946. The van der Waals surface area contributed by atoms with E-state index in [1.54, 1.807) is 6.20 Å². The van der Waals surface area contributed by atoms with Crippen molar-refractivity contribution in [2.24, 2.45) is 0 Å². The zero-order chi connectivity index (χ0) is 9.26. The van der Waals surface area contributed by atoms with Gasteiger partial charge in [-0.3, -0.25) is 0 Å². The minimum Gasteiger partial charge on any atom is -0.346 e. The van der Waals surface area contributed by atoms with Crippen molar-refractivity contribution in [2.75, 3.05) is 5.32 Å². The van der Waals surface area contributed by atoms with E-state index in [1.165, 1.54) is 16.7 Å². The van der Waals surface area contributed by atoms with Crippen LogP contribution >= 0.6 is 0 Å². The maximum Gasteiger partial charge on any atom is 0.137 e. The maximum atomic E-state index is 4.26. The van der Waals surface area contributed by atoms with Crippen molar-refractivity contribution in [3.8, 4) is 0 Å². The first-order valence-corrected chi connectivity index (χ1v) is 4.35. The molecule has 0 radical (unpaired) electrons. The summed E-state index contributed by atoms with van der Waals surface area (Å²) in [5, 5.41) is 3.12. The normalized spacial score (nSPS) is 13.5. The molecule has 1 aliphatic heterocycles. The van der Waals surface area contributed by atoms with Gasteiger partial charge in [0, 0.05) is 18.0 Å². The standard InChI is InChI=1S/C11H12N2/c1-8(2)9-5-7-13-11-10(9)4-3-6-12-11/h3-7H,1-2H3,(H,12,13). The number of hydrogen-bond acceptors (Lipinski definition) is 2. The summed E-state index contributed by atoms with van der Waals surface area (Å²) in [6.07, 6.45) is 5.81. The van der Waals surface area contributed by atoms with Crippen molar-refractivity contribution in [2.45, 2.75) is 13.8 Å². The highest BCUT2D eigenvalue weighted by molar-refractivity contribution is 5.84. The van der Waals surface area contributed by atoms with Gasteiger partial charge in [-0.2, -0.15) is 0 Å². The van der Waals surface area contributed by atoms with Gasteiger partial charge in [-0.05, 0) is 37.6 Å². The van der Waals surface area contributed by atoms with E-state index in [2.05, 4.69) is 36.3 Å². The molecule has 0 saturated carbocycles. The molecule has 2 nitrogen and oxygen atoms in total. The Bertz CT molecular complexity index is 385. The van der Waals surface area contributed by atoms with Gasteiger partial charge in [0.25, 0.3) is 0 Å². The molecule has 0 spiro atoms. The molecule has 1 N–H and O–H groups in total. The molecule has 2 rings (SSSR count). The predicted octanol–water partition coefficient (Wildman–Crippen LogP) is 2.81. The second-order valence-electron chi connectivity index (χ2n) is 3.29. The van der Waals surface area contributed by atoms with Gasteiger partial charge in [0.05, 0.1) is 0 Å². The lowest BCUT2D eigenvalue weighted by Crippen LogP contribution is -2.01. The number of pyridine rings is 1. The molecule has 0 aromatic carbocycles. The van der Waals surface area contributed by atoms with Crippen LogP contribution in [0.3, 0.4) is 0 Å². The van der Waals surface area contributed by atoms with Crippen LogP contribution in [0.2, 0.25) is 0 Å². The molecule has 66 valence electrons. The second kappa shape index (κ2) is 3.05. The summed E-state index contributed by atoms with van der Waals surface area (Å²) in [7, 11) is 0. The van der Waals surface area contributed by atoms with Crippen LogP contribution in [-0.2, 0) is 0 Å². The van der Waals surface area contributed by atoms with Gasteiger partial charge in [-0.15, -0.1) is 0 Å². The first kappa shape index (κ1) is 8.05. The van der Waals surface area contributed by atoms with Crippen molar-refractivity contribution in [3.05, 3.63) is 41.7 Å². The highest BCUT2D eigenvalue weighted by atomic mass is 15.0. The van der Waals surface area contributed by atoms with Crippen LogP contribution in [0.1, 0.15) is 19.4 Å². The van der Waals surface area contributed by atoms with E-state index in [0.29, 0.717) is 0 Å². The fraction of sp³-hybridized carbons (Fsp3) is 0.182. The van der Waals surface area contributed by atoms with E-state index in [0.717, 1.165) is 5.82 Å². The lowest BCUT2D eigenvalue weighted by atomic mass is 10.0. The van der Waals surface area contributed by atoms with Crippen molar-refractivity contribution in [3.63, 3.8) is 0 Å². The third kappa shape index (κ3) is 1.35. The molecule has 0 bridgehead atoms. The number of hydrogen-bond donors (Lipinski definition) is 1. The van der Waals surface area contributed by atoms with Crippen LogP contribution in [0.25, 0.3) is 5.57 Å². The zero-order valence-electron chi connectivity index (χ0n) is 7.83. The Morgan fingerprint density at radius 2 is 2.23 bits per heavy atom. The summed E-state index contributed by atoms with van der Waals surface area (Å²) in [5.41, 5.74) is 3.76. The summed E-state index contributed by atoms with van der Waals surface area (Å²) < 4.78 is 0. The molecule has 1 aromatic rings. The van der Waals surface area contributed by atoms with Gasteiger partial charge in [0.2, 0.25) is 0 Å². The van der Waals surface area contributed by atoms with Crippen LogP contribution in [0.4, 0.5) is 5.82 Å². The molecule has 1 aromatic heterocycles. The molecule has 0 unspecified atom stereocenters. The number of nitrogens with zero attached hydrogens (tertiary/aromatic N) is 1. The molecule has 2 heteroatoms. The van der Waals surface area contributed by atoms with E-state index in [9.17, 15) is 0 Å². The Labute approximate surface area is 78.0 Å². The van der Waals surface area contributed by atoms with E-state index in [-0.39, 0.29) is 0 Å². The maximum absolute atomic E-state index is 4.26. The third-order valence-corrected chi connectivity index (χ3v) is 2.11. The van der Waals surface area contributed by atoms with Gasteiger partial charge in [-0.1, -0.05) is 5.57 Å². The summed E-state index contributed by atoms with van der Waals surface area (Å²) in [4.78, 5) is 4.26. The van der Waals surface area contributed by atoms with E-state index >= 15 is 0 Å². The highest BCUT2D eigenvalue weighted by Crippen LogP contribution is 2.28. The summed E-state index contributed by atoms with van der Waals surface area (Å²) in [5.74, 6) is 0.946. The van der Waals surface area contributed by atoms with E-state index in [1.807, 2.05) is 12.3 Å². The highest BCUT2D eigenvalue weighted by Gasteiger charge is 2.09. The average Bonchev–Trinajstić information content (AvgIpc) is 2.17. The SMILES string of the molecule is CC(C)=C1C=CNc2ncccc21. The smallest absolute Gasteiger partial charge is 0.137 e. The van der Waals surface area contributed by atoms with E-state index in [4.69, 9.17) is 0 Å². The number of aromatic nitrogens is 1. The largest absolute Gasteiger partial charge is 0.346 e. The molecule has 0 saturated heterocycles. The molecule has 0 atom stereocenters. The Balaban J connectivity index is 2.62. The van der Waals surface area contributed by atoms with Crippen LogP contribution < -0.4 is 5.32 Å². The summed E-state index contributed by atoms with van der Waals surface area (Å²) in [6.45, 7) is 4.23. The molecule has 2 heterocycles. The minimum atomic E-state index is 0.946. The Morgan fingerprint density at radius 3 is 3.00 bits per heavy atom. The monoisotopic (exact) mass is 172 g/mol. The molecule has 13 heavy (non-hydrogen) atoms. The molecular weight excluding hydrogens is 160 g/mol. The number of rotatable bonds is 0. The Morgan fingerprint density at radius 1 is 1.38 bits per heavy atom. The number of nitrogens with one attached hydrogen (secondary N) is 1. The lowest BCUT2D eigenvalue weighted by Gasteiger charge is -2.15. The molecule has 0 fully saturated rings. The number of anilines is 1.